The van der Waals surface area contributed by atoms with E-state index in [1.165, 1.54) is 0 Å². The number of hydrogen-bond acceptors (Lipinski definition) is 3. The van der Waals surface area contributed by atoms with Gasteiger partial charge in [-0.2, -0.15) is 0 Å². The number of nitrogens with one attached hydrogen (secondary N) is 1. The van der Waals surface area contributed by atoms with Crippen LogP contribution in [-0.4, -0.2) is 23.3 Å². The van der Waals surface area contributed by atoms with Gasteiger partial charge in [0.05, 0.1) is 5.69 Å². The molecule has 0 spiro atoms. The quantitative estimate of drug-likeness (QED) is 0.831. The second-order valence-corrected chi connectivity index (χ2v) is 4.62. The first-order valence-corrected chi connectivity index (χ1v) is 6.45. The van der Waals surface area contributed by atoms with Crippen molar-refractivity contribution in [2.24, 2.45) is 0 Å². The predicted molar refractivity (Wildman–Crippen MR) is 73.1 cm³/mol. The summed E-state index contributed by atoms with van der Waals surface area (Å²) in [5.41, 5.74) is 0.285. The van der Waals surface area contributed by atoms with Crippen LogP contribution in [0.15, 0.2) is 18.3 Å². The van der Waals surface area contributed by atoms with Crippen LogP contribution in [0, 0.1) is 24.4 Å². The zero-order valence-corrected chi connectivity index (χ0v) is 11.8. The zero-order valence-electron chi connectivity index (χ0n) is 11.8. The molecule has 7 heteroatoms. The number of aryl methyl sites for hydroxylation is 2. The van der Waals surface area contributed by atoms with Crippen LogP contribution in [0.3, 0.4) is 0 Å². The fourth-order valence-electron chi connectivity index (χ4n) is 1.97. The Hall–Kier alpha value is -2.02. The molecule has 0 fully saturated rings. The van der Waals surface area contributed by atoms with Gasteiger partial charge in [0.15, 0.2) is 11.6 Å². The van der Waals surface area contributed by atoms with Crippen LogP contribution < -0.4 is 5.32 Å². The van der Waals surface area contributed by atoms with E-state index in [1.54, 1.807) is 24.8 Å². The molecular formula is C14H16F3N3O. The summed E-state index contributed by atoms with van der Waals surface area (Å²) >= 11 is 0. The summed E-state index contributed by atoms with van der Waals surface area (Å²) in [7, 11) is 1.60. The maximum absolute atomic E-state index is 13.6. The zero-order chi connectivity index (χ0) is 15.4. The molecule has 0 saturated carbocycles. The average Bonchev–Trinajstić information content (AvgIpc) is 2.74. The van der Waals surface area contributed by atoms with Gasteiger partial charge in [-0.3, -0.25) is 0 Å². The number of nitrogens with zero attached hydrogens (tertiary/aromatic N) is 2. The Morgan fingerprint density at radius 3 is 2.52 bits per heavy atom. The standard InChI is InChI=1S/C14H16F3N3O/c1-9-8-20(4-3-5-21-2)14(18-9)19-13-11(16)6-10(15)7-12(13)17/h6-8H,3-5H2,1-2H3,(H,18,19). The smallest absolute Gasteiger partial charge is 0.207 e. The van der Waals surface area contributed by atoms with E-state index in [0.717, 1.165) is 6.42 Å². The molecule has 0 atom stereocenters. The van der Waals surface area contributed by atoms with Crippen molar-refractivity contribution in [3.63, 3.8) is 0 Å². The molecule has 1 N–H and O–H groups in total. The van der Waals surface area contributed by atoms with Gasteiger partial charge in [0, 0.05) is 38.6 Å². The average molecular weight is 299 g/mol. The Balaban J connectivity index is 2.23. The van der Waals surface area contributed by atoms with Gasteiger partial charge in [-0.05, 0) is 13.3 Å². The highest BCUT2D eigenvalue weighted by molar-refractivity contribution is 5.55. The van der Waals surface area contributed by atoms with Crippen molar-refractivity contribution in [1.82, 2.24) is 9.55 Å². The SMILES string of the molecule is COCCCn1cc(C)nc1Nc1c(F)cc(F)cc1F. The number of rotatable bonds is 6. The van der Waals surface area contributed by atoms with E-state index >= 15 is 0 Å². The predicted octanol–water partition coefficient (Wildman–Crippen LogP) is 3.39. The van der Waals surface area contributed by atoms with Gasteiger partial charge in [-0.25, -0.2) is 18.2 Å². The lowest BCUT2D eigenvalue weighted by Crippen LogP contribution is -2.07. The summed E-state index contributed by atoms with van der Waals surface area (Å²) < 4.78 is 46.9. The van der Waals surface area contributed by atoms with E-state index in [2.05, 4.69) is 10.3 Å². The highest BCUT2D eigenvalue weighted by Crippen LogP contribution is 2.24. The largest absolute Gasteiger partial charge is 0.385 e. The molecule has 2 aromatic rings. The molecule has 1 aromatic carbocycles. The molecule has 0 aliphatic rings. The maximum Gasteiger partial charge on any atom is 0.207 e. The number of ether oxygens (including phenoxy) is 1. The second kappa shape index (κ2) is 6.62. The number of methoxy groups -OCH3 is 1. The summed E-state index contributed by atoms with van der Waals surface area (Å²) in [6.07, 6.45) is 2.49. The molecule has 21 heavy (non-hydrogen) atoms. The summed E-state index contributed by atoms with van der Waals surface area (Å²) in [6, 6.07) is 1.24. The minimum absolute atomic E-state index is 0.299. The third-order valence-corrected chi connectivity index (χ3v) is 2.89. The Labute approximate surface area is 120 Å². The molecule has 0 radical (unpaired) electrons. The van der Waals surface area contributed by atoms with Crippen LogP contribution >= 0.6 is 0 Å². The summed E-state index contributed by atoms with van der Waals surface area (Å²) in [5, 5.41) is 2.58. The normalized spacial score (nSPS) is 10.9. The molecule has 2 rings (SSSR count). The van der Waals surface area contributed by atoms with Crippen LogP contribution in [0.25, 0.3) is 0 Å². The number of hydrogen-bond donors (Lipinski definition) is 1. The van der Waals surface area contributed by atoms with Gasteiger partial charge in [-0.1, -0.05) is 0 Å². The van der Waals surface area contributed by atoms with Crippen molar-refractivity contribution in [3.05, 3.63) is 41.5 Å². The van der Waals surface area contributed by atoms with Crippen molar-refractivity contribution >= 4 is 11.6 Å². The molecule has 0 unspecified atom stereocenters. The maximum atomic E-state index is 13.6. The van der Waals surface area contributed by atoms with E-state index in [-0.39, 0.29) is 0 Å². The third-order valence-electron chi connectivity index (χ3n) is 2.89. The van der Waals surface area contributed by atoms with E-state index in [9.17, 15) is 13.2 Å². The molecule has 0 aliphatic heterocycles. The van der Waals surface area contributed by atoms with Crippen LogP contribution in [0.5, 0.6) is 0 Å². The van der Waals surface area contributed by atoms with E-state index in [4.69, 9.17) is 4.74 Å². The van der Waals surface area contributed by atoms with Gasteiger partial charge in [0.25, 0.3) is 0 Å². The minimum atomic E-state index is -1.00. The fourth-order valence-corrected chi connectivity index (χ4v) is 1.97. The van der Waals surface area contributed by atoms with Gasteiger partial charge in [0.2, 0.25) is 5.95 Å². The van der Waals surface area contributed by atoms with Gasteiger partial charge < -0.3 is 14.6 Å². The van der Waals surface area contributed by atoms with E-state index < -0.39 is 23.1 Å². The lowest BCUT2D eigenvalue weighted by Gasteiger charge is -2.11. The molecule has 0 amide bonds. The summed E-state index contributed by atoms with van der Waals surface area (Å²) in [4.78, 5) is 4.17. The van der Waals surface area contributed by atoms with E-state index in [0.29, 0.717) is 36.9 Å². The summed E-state index contributed by atoms with van der Waals surface area (Å²) in [5.74, 6) is -2.67. The highest BCUT2D eigenvalue weighted by Gasteiger charge is 2.14. The van der Waals surface area contributed by atoms with Crippen molar-refractivity contribution in [2.45, 2.75) is 19.9 Å². The first-order valence-electron chi connectivity index (χ1n) is 6.45. The molecule has 4 nitrogen and oxygen atoms in total. The first kappa shape index (κ1) is 15.4. The molecule has 0 aliphatic carbocycles. The monoisotopic (exact) mass is 299 g/mol. The van der Waals surface area contributed by atoms with Crippen molar-refractivity contribution in [1.29, 1.82) is 0 Å². The Morgan fingerprint density at radius 1 is 1.24 bits per heavy atom. The summed E-state index contributed by atoms with van der Waals surface area (Å²) in [6.45, 7) is 2.92. The van der Waals surface area contributed by atoms with Gasteiger partial charge >= 0.3 is 0 Å². The van der Waals surface area contributed by atoms with Crippen LogP contribution in [0.4, 0.5) is 24.8 Å². The lowest BCUT2D eigenvalue weighted by molar-refractivity contribution is 0.190. The third kappa shape index (κ3) is 3.75. The molecule has 1 heterocycles. The van der Waals surface area contributed by atoms with Crippen LogP contribution in [-0.2, 0) is 11.3 Å². The van der Waals surface area contributed by atoms with Crippen LogP contribution in [0.1, 0.15) is 12.1 Å². The van der Waals surface area contributed by atoms with Crippen LogP contribution in [0.2, 0.25) is 0 Å². The number of halogens is 3. The van der Waals surface area contributed by atoms with Crippen molar-refractivity contribution in [2.75, 3.05) is 19.0 Å². The van der Waals surface area contributed by atoms with Gasteiger partial charge in [0.1, 0.15) is 11.5 Å². The highest BCUT2D eigenvalue weighted by atomic mass is 19.1. The molecule has 114 valence electrons. The van der Waals surface area contributed by atoms with E-state index in [1.807, 2.05) is 0 Å². The number of imidazole rings is 1. The molecule has 1 aromatic heterocycles. The second-order valence-electron chi connectivity index (χ2n) is 4.62. The van der Waals surface area contributed by atoms with Gasteiger partial charge in [-0.15, -0.1) is 0 Å². The molecular weight excluding hydrogens is 283 g/mol. The Kier molecular flexibility index (Phi) is 4.85. The van der Waals surface area contributed by atoms with Crippen molar-refractivity contribution < 1.29 is 17.9 Å². The number of aromatic nitrogens is 2. The molecule has 0 saturated heterocycles. The number of benzene rings is 1. The Morgan fingerprint density at radius 2 is 1.90 bits per heavy atom. The first-order chi connectivity index (χ1) is 10.0. The number of anilines is 2. The topological polar surface area (TPSA) is 39.1 Å². The fraction of sp³-hybridized carbons (Fsp3) is 0.357. The Bertz CT molecular complexity index is 605. The van der Waals surface area contributed by atoms with Crippen molar-refractivity contribution in [3.8, 4) is 0 Å². The molecule has 0 bridgehead atoms. The lowest BCUT2D eigenvalue weighted by atomic mass is 10.3. The minimum Gasteiger partial charge on any atom is -0.385 e.